The molecule has 0 unspecified atom stereocenters. The van der Waals surface area contributed by atoms with Crippen molar-refractivity contribution in [2.24, 2.45) is 0 Å². The van der Waals surface area contributed by atoms with Gasteiger partial charge in [-0.3, -0.25) is 10.1 Å². The molecule has 9 heteroatoms. The zero-order valence-corrected chi connectivity index (χ0v) is 6.65. The number of hydrogen-bond acceptors (Lipinski definition) is 4. The molecule has 0 radical (unpaired) electrons. The molecule has 2 N–H and O–H groups in total. The van der Waals surface area contributed by atoms with Crippen molar-refractivity contribution in [3.05, 3.63) is 16.3 Å². The van der Waals surface area contributed by atoms with Gasteiger partial charge in [-0.05, 0) is 0 Å². The Morgan fingerprint density at radius 3 is 2.57 bits per heavy atom. The van der Waals surface area contributed by atoms with Crippen LogP contribution in [-0.4, -0.2) is 20.9 Å². The van der Waals surface area contributed by atoms with Crippen LogP contribution in [0.3, 0.4) is 0 Å². The van der Waals surface area contributed by atoms with Gasteiger partial charge in [-0.15, -0.1) is 0 Å². The summed E-state index contributed by atoms with van der Waals surface area (Å²) in [4.78, 5) is 9.30. The molecule has 1 aromatic rings. The van der Waals surface area contributed by atoms with E-state index in [2.05, 4.69) is 5.10 Å². The van der Waals surface area contributed by atoms with Gasteiger partial charge in [-0.2, -0.15) is 18.3 Å². The Hall–Kier alpha value is -1.80. The van der Waals surface area contributed by atoms with Crippen molar-refractivity contribution in [1.82, 2.24) is 9.78 Å². The molecular formula is C5H5F3N4O2. The maximum Gasteiger partial charge on any atom is 0.408 e. The standard InChI is InChI=1S/C5H5F3N4O2/c6-5(7,8)2-11-4(9)3(1-10-11)12(13)14/h1H,2,9H2. The summed E-state index contributed by atoms with van der Waals surface area (Å²) in [5.41, 5.74) is 4.44. The fraction of sp³-hybridized carbons (Fsp3) is 0.400. The van der Waals surface area contributed by atoms with E-state index in [4.69, 9.17) is 5.73 Å². The van der Waals surface area contributed by atoms with Crippen LogP contribution in [0, 0.1) is 10.1 Å². The normalized spacial score (nSPS) is 11.6. The second-order valence-corrected chi connectivity index (χ2v) is 2.44. The molecule has 1 rings (SSSR count). The Morgan fingerprint density at radius 1 is 1.64 bits per heavy atom. The molecule has 0 aromatic carbocycles. The number of aromatic nitrogens is 2. The van der Waals surface area contributed by atoms with Crippen LogP contribution in [0.2, 0.25) is 0 Å². The van der Waals surface area contributed by atoms with E-state index in [1.54, 1.807) is 0 Å². The summed E-state index contributed by atoms with van der Waals surface area (Å²) in [5, 5.41) is 13.3. The lowest BCUT2D eigenvalue weighted by Crippen LogP contribution is -2.20. The number of alkyl halides is 3. The van der Waals surface area contributed by atoms with Crippen molar-refractivity contribution in [3.8, 4) is 0 Å². The topological polar surface area (TPSA) is 87.0 Å². The largest absolute Gasteiger partial charge is 0.408 e. The minimum atomic E-state index is -4.51. The van der Waals surface area contributed by atoms with E-state index in [0.29, 0.717) is 10.9 Å². The zero-order valence-electron chi connectivity index (χ0n) is 6.65. The Labute approximate surface area is 75.3 Å². The average Bonchev–Trinajstić information content (AvgIpc) is 2.29. The van der Waals surface area contributed by atoms with Crippen LogP contribution in [0.1, 0.15) is 0 Å². The highest BCUT2D eigenvalue weighted by Gasteiger charge is 2.31. The zero-order chi connectivity index (χ0) is 10.9. The first-order valence-corrected chi connectivity index (χ1v) is 3.33. The lowest BCUT2D eigenvalue weighted by atomic mass is 10.5. The highest BCUT2D eigenvalue weighted by molar-refractivity contribution is 5.51. The molecule has 0 fully saturated rings. The van der Waals surface area contributed by atoms with Crippen LogP contribution >= 0.6 is 0 Å². The summed E-state index contributed by atoms with van der Waals surface area (Å²) < 4.78 is 35.9. The molecule has 78 valence electrons. The van der Waals surface area contributed by atoms with Crippen molar-refractivity contribution in [2.75, 3.05) is 5.73 Å². The van der Waals surface area contributed by atoms with Crippen molar-refractivity contribution in [2.45, 2.75) is 12.7 Å². The summed E-state index contributed by atoms with van der Waals surface area (Å²) in [5.74, 6) is -0.604. The van der Waals surface area contributed by atoms with E-state index in [1.807, 2.05) is 0 Å². The molecule has 14 heavy (non-hydrogen) atoms. The fourth-order valence-corrected chi connectivity index (χ4v) is 0.821. The molecule has 0 spiro atoms. The molecule has 0 saturated carbocycles. The molecular weight excluding hydrogens is 205 g/mol. The van der Waals surface area contributed by atoms with Gasteiger partial charge in [0.1, 0.15) is 12.7 Å². The molecule has 6 nitrogen and oxygen atoms in total. The summed E-state index contributed by atoms with van der Waals surface area (Å²) >= 11 is 0. The molecule has 0 aliphatic heterocycles. The molecule has 0 saturated heterocycles. The lowest BCUT2D eigenvalue weighted by molar-refractivity contribution is -0.384. The summed E-state index contributed by atoms with van der Waals surface area (Å²) in [6, 6.07) is 0. The third-order valence-electron chi connectivity index (χ3n) is 1.39. The Morgan fingerprint density at radius 2 is 2.21 bits per heavy atom. The quantitative estimate of drug-likeness (QED) is 0.581. The highest BCUT2D eigenvalue weighted by atomic mass is 19.4. The first-order valence-electron chi connectivity index (χ1n) is 3.33. The monoisotopic (exact) mass is 210 g/mol. The minimum Gasteiger partial charge on any atom is -0.378 e. The number of hydrogen-bond donors (Lipinski definition) is 1. The van der Waals surface area contributed by atoms with Crippen LogP contribution in [0.4, 0.5) is 24.7 Å². The minimum absolute atomic E-state index is 0.331. The van der Waals surface area contributed by atoms with Gasteiger partial charge in [-0.1, -0.05) is 0 Å². The van der Waals surface area contributed by atoms with Gasteiger partial charge < -0.3 is 5.73 Å². The van der Waals surface area contributed by atoms with Crippen molar-refractivity contribution in [1.29, 1.82) is 0 Å². The van der Waals surface area contributed by atoms with Gasteiger partial charge >= 0.3 is 11.9 Å². The van der Waals surface area contributed by atoms with Crippen molar-refractivity contribution < 1.29 is 18.1 Å². The van der Waals surface area contributed by atoms with E-state index in [0.717, 1.165) is 0 Å². The van der Waals surface area contributed by atoms with E-state index in [9.17, 15) is 23.3 Å². The molecule has 0 amide bonds. The fourth-order valence-electron chi connectivity index (χ4n) is 0.821. The second kappa shape index (κ2) is 3.16. The Balaban J connectivity index is 2.96. The molecule has 1 aromatic heterocycles. The number of anilines is 1. The number of nitrogen functional groups attached to an aromatic ring is 1. The first-order chi connectivity index (χ1) is 6.31. The SMILES string of the molecule is Nc1c([N+](=O)[O-])cnn1CC(F)(F)F. The Bertz CT molecular complexity index is 358. The Kier molecular flexibility index (Phi) is 2.32. The van der Waals surface area contributed by atoms with E-state index < -0.39 is 29.1 Å². The first kappa shape index (κ1) is 10.3. The number of nitrogens with two attached hydrogens (primary N) is 1. The number of halogens is 3. The van der Waals surface area contributed by atoms with E-state index in [-0.39, 0.29) is 0 Å². The van der Waals surface area contributed by atoms with Gasteiger partial charge in [0.05, 0.1) is 4.92 Å². The third kappa shape index (κ3) is 2.12. The van der Waals surface area contributed by atoms with Crippen molar-refractivity contribution in [3.63, 3.8) is 0 Å². The van der Waals surface area contributed by atoms with Gasteiger partial charge in [0, 0.05) is 0 Å². The lowest BCUT2D eigenvalue weighted by Gasteiger charge is -2.06. The number of nitrogens with zero attached hydrogens (tertiary/aromatic N) is 3. The van der Waals surface area contributed by atoms with Crippen molar-refractivity contribution >= 4 is 11.5 Å². The molecule has 0 bridgehead atoms. The maximum absolute atomic E-state index is 11.8. The number of rotatable bonds is 2. The smallest absolute Gasteiger partial charge is 0.378 e. The molecule has 0 atom stereocenters. The van der Waals surface area contributed by atoms with Crippen LogP contribution in [0.25, 0.3) is 0 Å². The van der Waals surface area contributed by atoms with Crippen LogP contribution in [-0.2, 0) is 6.54 Å². The average molecular weight is 210 g/mol. The van der Waals surface area contributed by atoms with Gasteiger partial charge in [-0.25, -0.2) is 4.68 Å². The summed E-state index contributed by atoms with van der Waals surface area (Å²) in [7, 11) is 0. The summed E-state index contributed by atoms with van der Waals surface area (Å²) in [6.07, 6.45) is -3.82. The molecule has 0 aliphatic carbocycles. The second-order valence-electron chi connectivity index (χ2n) is 2.44. The van der Waals surface area contributed by atoms with Crippen LogP contribution in [0.15, 0.2) is 6.20 Å². The summed E-state index contributed by atoms with van der Waals surface area (Å²) in [6.45, 7) is -1.44. The van der Waals surface area contributed by atoms with Gasteiger partial charge in [0.2, 0.25) is 5.82 Å². The molecule has 0 aliphatic rings. The van der Waals surface area contributed by atoms with E-state index >= 15 is 0 Å². The van der Waals surface area contributed by atoms with Crippen LogP contribution < -0.4 is 5.73 Å². The predicted molar refractivity (Wildman–Crippen MR) is 39.3 cm³/mol. The molecule has 1 heterocycles. The predicted octanol–water partition coefficient (Wildman–Crippen LogP) is 0.936. The third-order valence-corrected chi connectivity index (χ3v) is 1.39. The number of nitro groups is 1. The van der Waals surface area contributed by atoms with Crippen LogP contribution in [0.5, 0.6) is 0 Å². The van der Waals surface area contributed by atoms with E-state index in [1.165, 1.54) is 0 Å². The van der Waals surface area contributed by atoms with Gasteiger partial charge in [0.25, 0.3) is 0 Å². The maximum atomic E-state index is 11.8. The van der Waals surface area contributed by atoms with Gasteiger partial charge in [0.15, 0.2) is 0 Å². The highest BCUT2D eigenvalue weighted by Crippen LogP contribution is 2.24.